The summed E-state index contributed by atoms with van der Waals surface area (Å²) in [5, 5.41) is 22.0. The summed E-state index contributed by atoms with van der Waals surface area (Å²) in [5.74, 6) is -4.61. The van der Waals surface area contributed by atoms with Crippen LogP contribution in [0.2, 0.25) is 0 Å². The topological polar surface area (TPSA) is 122 Å². The molecule has 8 heteroatoms. The van der Waals surface area contributed by atoms with Crippen LogP contribution >= 0.6 is 0 Å². The minimum atomic E-state index is -1.93. The van der Waals surface area contributed by atoms with Crippen molar-refractivity contribution >= 4 is 34.4 Å². The van der Waals surface area contributed by atoms with Gasteiger partial charge in [0.1, 0.15) is 11.5 Å². The van der Waals surface area contributed by atoms with Crippen molar-refractivity contribution in [2.75, 3.05) is 5.32 Å². The number of carboxylic acid groups (broad SMARTS) is 2. The van der Waals surface area contributed by atoms with Crippen LogP contribution in [0.25, 0.3) is 10.9 Å². The predicted molar refractivity (Wildman–Crippen MR) is 58.9 cm³/mol. The van der Waals surface area contributed by atoms with Gasteiger partial charge >= 0.3 is 35.5 Å². The first-order valence-electron chi connectivity index (χ1n) is 4.86. The number of anilines is 1. The largest absolute Gasteiger partial charge is 1.00 e. The van der Waals surface area contributed by atoms with Crippen molar-refractivity contribution in [1.82, 2.24) is 4.98 Å². The molecule has 2 rings (SSSR count). The molecule has 0 aliphatic carbocycles. The van der Waals surface area contributed by atoms with Crippen LogP contribution in [-0.2, 0) is 9.59 Å². The van der Waals surface area contributed by atoms with Crippen molar-refractivity contribution in [1.29, 1.82) is 0 Å². The van der Waals surface area contributed by atoms with E-state index >= 15 is 0 Å². The fourth-order valence-electron chi connectivity index (χ4n) is 1.63. The second kappa shape index (κ2) is 5.87. The smallest absolute Gasteiger partial charge is 0.540 e. The Labute approximate surface area is 128 Å². The van der Waals surface area contributed by atoms with E-state index < -0.39 is 17.8 Å². The normalized spacial score (nSPS) is 9.68. The molecule has 0 saturated heterocycles. The summed E-state index contributed by atoms with van der Waals surface area (Å²) in [4.78, 5) is 35.2. The van der Waals surface area contributed by atoms with E-state index in [2.05, 4.69) is 4.98 Å². The maximum Gasteiger partial charge on any atom is 1.00 e. The number of amides is 1. The van der Waals surface area contributed by atoms with Crippen LogP contribution < -0.4 is 40.0 Å². The molecule has 0 aliphatic rings. The van der Waals surface area contributed by atoms with Gasteiger partial charge in [0, 0.05) is 11.6 Å². The fraction of sp³-hybridized carbons (Fsp3) is 0. The van der Waals surface area contributed by atoms with E-state index in [1.807, 2.05) is 5.32 Å². The molecular weight excluding hydrogens is 263 g/mol. The maximum absolute atomic E-state index is 11.2. The minimum Gasteiger partial charge on any atom is -0.540 e. The number of hydrogen-bond donors (Lipinski definition) is 3. The second-order valence-corrected chi connectivity index (χ2v) is 3.48. The summed E-state index contributed by atoms with van der Waals surface area (Å²) in [5.41, 5.74) is -0.00241. The number of aromatic nitrogens is 1. The van der Waals surface area contributed by atoms with Gasteiger partial charge in [-0.25, -0.2) is 4.79 Å². The molecule has 0 spiro atoms. The number of hydrogen-bond acceptors (Lipinski definition) is 4. The Hall–Kier alpha value is -1.83. The van der Waals surface area contributed by atoms with Gasteiger partial charge in [-0.1, -0.05) is 6.07 Å². The Morgan fingerprint density at radius 1 is 1.21 bits per heavy atom. The van der Waals surface area contributed by atoms with Crippen molar-refractivity contribution in [3.8, 4) is 0 Å². The third-order valence-electron chi connectivity index (χ3n) is 2.38. The zero-order valence-corrected chi connectivity index (χ0v) is 11.9. The molecule has 0 atom stereocenters. The molecule has 3 N–H and O–H groups in total. The van der Waals surface area contributed by atoms with Crippen LogP contribution in [0.15, 0.2) is 24.4 Å². The molecule has 0 radical (unpaired) electrons. The average molecular weight is 270 g/mol. The van der Waals surface area contributed by atoms with Crippen molar-refractivity contribution < 1.29 is 54.2 Å². The number of carbonyl (C=O) groups excluding carboxylic acids is 2. The molecule has 2 aromatic rings. The van der Waals surface area contributed by atoms with Gasteiger partial charge in [-0.05, 0) is 12.1 Å². The number of carbonyl (C=O) groups is 3. The van der Waals surface area contributed by atoms with Crippen molar-refractivity contribution in [2.24, 2.45) is 0 Å². The SMILES string of the molecule is O=C([O-])C(=O)Nc1ccc2cc[nH]c2c1C(=O)O.[Na+]. The molecule has 1 aromatic carbocycles. The molecule has 0 fully saturated rings. The first-order chi connectivity index (χ1) is 8.50. The number of rotatable bonds is 2. The second-order valence-electron chi connectivity index (χ2n) is 3.48. The van der Waals surface area contributed by atoms with E-state index in [9.17, 15) is 19.5 Å². The van der Waals surface area contributed by atoms with Crippen LogP contribution in [0.3, 0.4) is 0 Å². The molecule has 0 bridgehead atoms. The molecule has 7 nitrogen and oxygen atoms in total. The van der Waals surface area contributed by atoms with Gasteiger partial charge in [0.2, 0.25) is 0 Å². The van der Waals surface area contributed by atoms with Crippen molar-refractivity contribution in [2.45, 2.75) is 0 Å². The number of aliphatic carboxylic acids is 1. The zero-order valence-electron chi connectivity index (χ0n) is 9.89. The van der Waals surface area contributed by atoms with Gasteiger partial charge in [0.15, 0.2) is 0 Å². The number of nitrogens with one attached hydrogen (secondary N) is 2. The molecule has 0 aliphatic heterocycles. The average Bonchev–Trinajstić information content (AvgIpc) is 2.75. The summed E-state index contributed by atoms with van der Waals surface area (Å²) < 4.78 is 0. The van der Waals surface area contributed by atoms with Crippen LogP contribution in [0, 0.1) is 0 Å². The van der Waals surface area contributed by atoms with E-state index in [1.165, 1.54) is 6.07 Å². The maximum atomic E-state index is 11.2. The van der Waals surface area contributed by atoms with Gasteiger partial charge < -0.3 is 25.3 Å². The number of aromatic amines is 1. The molecular formula is C11H7N2NaO5. The Kier molecular flexibility index (Phi) is 4.71. The Morgan fingerprint density at radius 3 is 2.47 bits per heavy atom. The molecule has 1 amide bonds. The molecule has 92 valence electrons. The van der Waals surface area contributed by atoms with Crippen molar-refractivity contribution in [3.05, 3.63) is 30.0 Å². The molecule has 0 saturated carbocycles. The summed E-state index contributed by atoms with van der Waals surface area (Å²) in [6.07, 6.45) is 1.54. The molecule has 0 unspecified atom stereocenters. The summed E-state index contributed by atoms with van der Waals surface area (Å²) in [7, 11) is 0. The number of H-pyrrole nitrogens is 1. The number of fused-ring (bicyclic) bond motifs is 1. The van der Waals surface area contributed by atoms with Crippen LogP contribution in [0.5, 0.6) is 0 Å². The summed E-state index contributed by atoms with van der Waals surface area (Å²) in [6, 6.07) is 4.54. The summed E-state index contributed by atoms with van der Waals surface area (Å²) >= 11 is 0. The third-order valence-corrected chi connectivity index (χ3v) is 2.38. The number of carboxylic acids is 2. The Balaban J connectivity index is 0.00000180. The quantitative estimate of drug-likeness (QED) is 0.387. The first-order valence-corrected chi connectivity index (χ1v) is 4.86. The Morgan fingerprint density at radius 2 is 1.89 bits per heavy atom. The van der Waals surface area contributed by atoms with Crippen LogP contribution in [-0.4, -0.2) is 27.9 Å². The van der Waals surface area contributed by atoms with Gasteiger partial charge in [0.25, 0.3) is 5.91 Å². The summed E-state index contributed by atoms with van der Waals surface area (Å²) in [6.45, 7) is 0. The number of benzene rings is 1. The zero-order chi connectivity index (χ0) is 13.3. The number of aromatic carboxylic acids is 1. The van der Waals surface area contributed by atoms with Gasteiger partial charge in [0.05, 0.1) is 11.2 Å². The van der Waals surface area contributed by atoms with E-state index in [1.54, 1.807) is 18.3 Å². The molecule has 1 heterocycles. The van der Waals surface area contributed by atoms with Gasteiger partial charge in [-0.3, -0.25) is 4.79 Å². The van der Waals surface area contributed by atoms with Gasteiger partial charge in [-0.2, -0.15) is 0 Å². The third kappa shape index (κ3) is 2.95. The van der Waals surface area contributed by atoms with Crippen LogP contribution in [0.1, 0.15) is 10.4 Å². The van der Waals surface area contributed by atoms with Crippen LogP contribution in [0.4, 0.5) is 5.69 Å². The minimum absolute atomic E-state index is 0. The fourth-order valence-corrected chi connectivity index (χ4v) is 1.63. The monoisotopic (exact) mass is 270 g/mol. The van der Waals surface area contributed by atoms with E-state index in [0.717, 1.165) is 0 Å². The van der Waals surface area contributed by atoms with E-state index in [-0.39, 0.29) is 40.8 Å². The molecule has 19 heavy (non-hydrogen) atoms. The van der Waals surface area contributed by atoms with E-state index in [4.69, 9.17) is 5.11 Å². The standard InChI is InChI=1S/C11H8N2O5.Na/c14-9(11(17)18)13-6-2-1-5-3-4-12-8(5)7(6)10(15)16;/h1-4,12H,(H,13,14)(H,15,16)(H,17,18);/q;+1/p-1. The molecule has 1 aromatic heterocycles. The first kappa shape index (κ1) is 15.2. The van der Waals surface area contributed by atoms with Crippen molar-refractivity contribution in [3.63, 3.8) is 0 Å². The Bertz CT molecular complexity index is 664. The predicted octanol–water partition coefficient (Wildman–Crippen LogP) is -3.44. The van der Waals surface area contributed by atoms with Gasteiger partial charge in [-0.15, -0.1) is 0 Å². The van der Waals surface area contributed by atoms with E-state index in [0.29, 0.717) is 10.9 Å².